The first-order chi connectivity index (χ1) is 26.4. The van der Waals surface area contributed by atoms with Gasteiger partial charge in [0, 0.05) is 60.8 Å². The van der Waals surface area contributed by atoms with Gasteiger partial charge in [0.25, 0.3) is 0 Å². The molecule has 0 N–H and O–H groups in total. The van der Waals surface area contributed by atoms with Crippen LogP contribution in [0.2, 0.25) is 0 Å². The maximum Gasteiger partial charge on any atom is 0.0858 e. The predicted octanol–water partition coefficient (Wildman–Crippen LogP) is 12.7. The first-order valence-corrected chi connectivity index (χ1v) is 18.9. The summed E-state index contributed by atoms with van der Waals surface area (Å²) in [5.41, 5.74) is 20.5. The Bertz CT molecular complexity index is 2570. The summed E-state index contributed by atoms with van der Waals surface area (Å²) in [4.78, 5) is 9.92. The third-order valence-corrected chi connectivity index (χ3v) is 10.6. The summed E-state index contributed by atoms with van der Waals surface area (Å²) >= 11 is 0. The van der Waals surface area contributed by atoms with Gasteiger partial charge in [-0.15, -0.1) is 47.6 Å². The summed E-state index contributed by atoms with van der Waals surface area (Å²) in [6, 6.07) is 41.2. The number of ether oxygens (including phenoxy) is 1. The molecule has 2 heterocycles. The maximum atomic E-state index is 6.57. The number of aromatic nitrogens is 2. The Kier molecular flexibility index (Phi) is 10.6. The van der Waals surface area contributed by atoms with Crippen LogP contribution >= 0.6 is 0 Å². The molecule has 5 nitrogen and oxygen atoms in total. The van der Waals surface area contributed by atoms with Gasteiger partial charge in [0.1, 0.15) is 0 Å². The van der Waals surface area contributed by atoms with Crippen LogP contribution in [0.5, 0.6) is 11.5 Å². The summed E-state index contributed by atoms with van der Waals surface area (Å²) in [5, 5.41) is 0. The smallest absolute Gasteiger partial charge is 0.0858 e. The van der Waals surface area contributed by atoms with Crippen LogP contribution in [0.1, 0.15) is 50.1 Å². The molecule has 56 heavy (non-hydrogen) atoms. The van der Waals surface area contributed by atoms with Crippen molar-refractivity contribution in [2.45, 2.75) is 62.3 Å². The Hall–Kier alpha value is -5.38. The minimum atomic E-state index is 0. The van der Waals surface area contributed by atoms with Crippen LogP contribution in [0, 0.1) is 81.1 Å². The number of nitrogens with zero attached hydrogens (tertiary/aromatic N) is 4. The van der Waals surface area contributed by atoms with Crippen molar-refractivity contribution in [2.75, 3.05) is 16.8 Å². The second-order valence-electron chi connectivity index (χ2n) is 15.3. The van der Waals surface area contributed by atoms with Gasteiger partial charge in [-0.2, -0.15) is 12.7 Å². The standard InChI is InChI=1S/C50H47N4O.Pt/c1-30-21-33(4)45(34(5)22-30)47-49(46-35(6)23-31(2)24-36(46)7)54(48-37(8)25-32(3)26-38(48)9)50(51-47)39-15-13-17-41(27-39)55-42-18-14-16-40(28-42)53-29-52(10)43-19-11-12-20-44(43)53;/h11-26,29H,1-10H3;/q-3;. The van der Waals surface area contributed by atoms with Crippen molar-refractivity contribution in [2.24, 2.45) is 0 Å². The first-order valence-electron chi connectivity index (χ1n) is 18.9. The molecule has 1 aliphatic rings. The van der Waals surface area contributed by atoms with Crippen LogP contribution < -0.4 is 14.5 Å². The zero-order valence-corrected chi connectivity index (χ0v) is 36.1. The second kappa shape index (κ2) is 15.3. The molecule has 0 saturated heterocycles. The molecule has 0 amide bonds. The van der Waals surface area contributed by atoms with E-state index < -0.39 is 0 Å². The van der Waals surface area contributed by atoms with Crippen molar-refractivity contribution in [1.82, 2.24) is 9.55 Å². The molecule has 286 valence electrons. The fourth-order valence-electron chi connectivity index (χ4n) is 8.70. The molecule has 0 atom stereocenters. The monoisotopic (exact) mass is 914 g/mol. The van der Waals surface area contributed by atoms with Gasteiger partial charge in [-0.25, -0.2) is 0 Å². The van der Waals surface area contributed by atoms with Crippen LogP contribution in [0.3, 0.4) is 0 Å². The molecule has 6 aromatic carbocycles. The van der Waals surface area contributed by atoms with Gasteiger partial charge >= 0.3 is 0 Å². The van der Waals surface area contributed by atoms with Crippen molar-refractivity contribution in [3.8, 4) is 51.1 Å². The van der Waals surface area contributed by atoms with E-state index in [0.29, 0.717) is 11.5 Å². The normalized spacial score (nSPS) is 12.2. The van der Waals surface area contributed by atoms with E-state index in [-0.39, 0.29) is 21.1 Å². The van der Waals surface area contributed by atoms with Crippen LogP contribution in [0.25, 0.3) is 39.6 Å². The van der Waals surface area contributed by atoms with E-state index in [1.165, 1.54) is 55.6 Å². The molecule has 1 aliphatic heterocycles. The maximum absolute atomic E-state index is 6.57. The molecule has 0 fully saturated rings. The fourth-order valence-corrected chi connectivity index (χ4v) is 8.70. The van der Waals surface area contributed by atoms with Crippen molar-refractivity contribution in [3.63, 3.8) is 0 Å². The molecule has 0 radical (unpaired) electrons. The predicted molar refractivity (Wildman–Crippen MR) is 228 cm³/mol. The number of benzene rings is 6. The van der Waals surface area contributed by atoms with Crippen LogP contribution in [0.4, 0.5) is 17.1 Å². The number of fused-ring (bicyclic) bond motifs is 1. The van der Waals surface area contributed by atoms with E-state index in [1.807, 2.05) is 24.3 Å². The average molecular weight is 915 g/mol. The minimum absolute atomic E-state index is 0. The number of imidazole rings is 1. The Balaban J connectivity index is 0.00000480. The largest absolute Gasteiger partial charge is 0.504 e. The molecule has 0 spiro atoms. The van der Waals surface area contributed by atoms with Gasteiger partial charge in [-0.3, -0.25) is 4.98 Å². The molecule has 0 saturated carbocycles. The van der Waals surface area contributed by atoms with E-state index in [4.69, 9.17) is 9.72 Å². The molecular weight excluding hydrogens is 868 g/mol. The van der Waals surface area contributed by atoms with Crippen LogP contribution in [-0.2, 0) is 21.1 Å². The van der Waals surface area contributed by atoms with Crippen molar-refractivity contribution < 1.29 is 25.8 Å². The number of anilines is 3. The van der Waals surface area contributed by atoms with Crippen LogP contribution in [-0.4, -0.2) is 16.6 Å². The van der Waals surface area contributed by atoms with Crippen LogP contribution in [0.15, 0.2) is 97.1 Å². The number of aryl methyl sites for hydroxylation is 9. The van der Waals surface area contributed by atoms with E-state index in [1.54, 1.807) is 0 Å². The Morgan fingerprint density at radius 3 is 1.70 bits per heavy atom. The zero-order chi connectivity index (χ0) is 38.7. The number of rotatable bonds is 7. The van der Waals surface area contributed by atoms with E-state index in [0.717, 1.165) is 51.1 Å². The number of para-hydroxylation sites is 2. The second-order valence-corrected chi connectivity index (χ2v) is 15.3. The molecule has 6 heteroatoms. The Morgan fingerprint density at radius 2 is 1.09 bits per heavy atom. The fraction of sp³-hybridized carbons (Fsp3) is 0.200. The van der Waals surface area contributed by atoms with Gasteiger partial charge in [-0.1, -0.05) is 71.3 Å². The molecular formula is C50H47N4OPt-3. The van der Waals surface area contributed by atoms with Gasteiger partial charge in [0.15, 0.2) is 0 Å². The molecule has 1 aromatic heterocycles. The van der Waals surface area contributed by atoms with E-state index >= 15 is 0 Å². The molecule has 0 unspecified atom stereocenters. The quantitative estimate of drug-likeness (QED) is 0.149. The molecule has 8 rings (SSSR count). The first kappa shape index (κ1) is 38.9. The number of hydrogen-bond acceptors (Lipinski definition) is 4. The average Bonchev–Trinajstić information content (AvgIpc) is 3.65. The van der Waals surface area contributed by atoms with Gasteiger partial charge in [-0.05, 0) is 115 Å². The van der Waals surface area contributed by atoms with E-state index in [9.17, 15) is 0 Å². The van der Waals surface area contributed by atoms with E-state index in [2.05, 4.69) is 175 Å². The van der Waals surface area contributed by atoms with Crippen molar-refractivity contribution in [1.29, 1.82) is 0 Å². The summed E-state index contributed by atoms with van der Waals surface area (Å²) in [6.07, 6.45) is 0. The van der Waals surface area contributed by atoms with Gasteiger partial charge in [0.2, 0.25) is 0 Å². The molecule has 0 aliphatic carbocycles. The number of hydrogen-bond donors (Lipinski definition) is 0. The van der Waals surface area contributed by atoms with Crippen molar-refractivity contribution in [3.05, 3.63) is 166 Å². The Morgan fingerprint density at radius 1 is 0.571 bits per heavy atom. The summed E-state index contributed by atoms with van der Waals surface area (Å²) in [7, 11) is 2.06. The van der Waals surface area contributed by atoms with Crippen molar-refractivity contribution >= 4 is 17.1 Å². The Labute approximate surface area is 346 Å². The third-order valence-electron chi connectivity index (χ3n) is 10.6. The zero-order valence-electron chi connectivity index (χ0n) is 33.8. The SMILES string of the molecule is Cc1cc(C)c(-c2nc(-c3[c-]c(Oc4[c-]c(N5[CH-]N(C)c6ccccc65)ccc4)ccc3)n(-c3c(C)cc(C)cc3C)c2-c2c(C)cc(C)cc2C)c(C)c1.[Pt]. The van der Waals surface area contributed by atoms with Gasteiger partial charge in [0.05, 0.1) is 17.2 Å². The summed E-state index contributed by atoms with van der Waals surface area (Å²) < 4.78 is 8.96. The summed E-state index contributed by atoms with van der Waals surface area (Å²) in [6.45, 7) is 21.8. The topological polar surface area (TPSA) is 33.5 Å². The molecule has 7 aromatic rings. The summed E-state index contributed by atoms with van der Waals surface area (Å²) in [5.74, 6) is 2.01. The third kappa shape index (κ3) is 6.99. The molecule has 0 bridgehead atoms. The minimum Gasteiger partial charge on any atom is -0.504 e. The van der Waals surface area contributed by atoms with Gasteiger partial charge < -0.3 is 19.1 Å².